The van der Waals surface area contributed by atoms with E-state index in [0.29, 0.717) is 39.0 Å². The molecule has 2 unspecified atom stereocenters. The number of allylic oxidation sites excluding steroid dienone is 1. The molecule has 0 aromatic rings. The highest BCUT2D eigenvalue weighted by Crippen LogP contribution is 2.25. The molecule has 8 heteroatoms. The van der Waals surface area contributed by atoms with E-state index >= 15 is 0 Å². The number of hydrogen-bond acceptors (Lipinski definition) is 5. The summed E-state index contributed by atoms with van der Waals surface area (Å²) in [5, 5.41) is 10.4. The average molecular weight is 429 g/mol. The second kappa shape index (κ2) is 11.1. The van der Waals surface area contributed by atoms with Crippen LogP contribution in [0.2, 0.25) is 25.7 Å². The number of amides is 2. The number of aliphatic hydroxyl groups is 1. The van der Waals surface area contributed by atoms with Crippen LogP contribution in [-0.2, 0) is 14.3 Å². The minimum absolute atomic E-state index is 0.177. The smallest absolute Gasteiger partial charge is 0.413 e. The topological polar surface area (TPSA) is 79.3 Å². The summed E-state index contributed by atoms with van der Waals surface area (Å²) in [6.45, 7) is 13.5. The Kier molecular flexibility index (Phi) is 9.84. The molecule has 0 aromatic heterocycles. The molecule has 29 heavy (non-hydrogen) atoms. The summed E-state index contributed by atoms with van der Waals surface area (Å²) in [7, 11) is 0.409. The van der Waals surface area contributed by atoms with Gasteiger partial charge in [0.15, 0.2) is 0 Å². The first kappa shape index (κ1) is 25.7. The maximum Gasteiger partial charge on any atom is 0.413 e. The highest BCUT2D eigenvalue weighted by atomic mass is 28.3. The van der Waals surface area contributed by atoms with E-state index in [1.54, 1.807) is 32.8 Å². The number of hydrogen-bond donors (Lipinski definition) is 1. The van der Waals surface area contributed by atoms with Gasteiger partial charge in [-0.3, -0.25) is 9.69 Å². The summed E-state index contributed by atoms with van der Waals surface area (Å²) in [4.78, 5) is 28.9. The van der Waals surface area contributed by atoms with E-state index in [9.17, 15) is 14.7 Å². The lowest BCUT2D eigenvalue weighted by Gasteiger charge is -2.40. The van der Waals surface area contributed by atoms with Gasteiger partial charge in [0.1, 0.15) is 17.9 Å². The molecule has 7 nitrogen and oxygen atoms in total. The van der Waals surface area contributed by atoms with Crippen LogP contribution in [0.25, 0.3) is 0 Å². The molecular weight excluding hydrogens is 388 g/mol. The van der Waals surface area contributed by atoms with Gasteiger partial charge in [-0.15, -0.1) is 0 Å². The summed E-state index contributed by atoms with van der Waals surface area (Å²) in [5.41, 5.74) is -0.697. The number of carbonyl (C=O) groups excluding carboxylic acids is 2. The maximum atomic E-state index is 13.3. The lowest BCUT2D eigenvalue weighted by molar-refractivity contribution is -0.145. The Morgan fingerprint density at radius 2 is 1.86 bits per heavy atom. The summed E-state index contributed by atoms with van der Waals surface area (Å²) >= 11 is 0. The molecule has 2 atom stereocenters. The molecule has 1 rings (SSSR count). The molecule has 2 amide bonds. The van der Waals surface area contributed by atoms with E-state index in [4.69, 9.17) is 9.47 Å². The van der Waals surface area contributed by atoms with Crippen LogP contribution >= 0.6 is 0 Å². The first-order chi connectivity index (χ1) is 13.4. The number of carbonyl (C=O) groups is 2. The predicted molar refractivity (Wildman–Crippen MR) is 117 cm³/mol. The van der Waals surface area contributed by atoms with Gasteiger partial charge in [-0.05, 0) is 46.1 Å². The first-order valence-electron chi connectivity index (χ1n) is 10.5. The van der Waals surface area contributed by atoms with Gasteiger partial charge in [-0.2, -0.15) is 0 Å². The fourth-order valence-corrected chi connectivity index (χ4v) is 4.00. The van der Waals surface area contributed by atoms with Gasteiger partial charge in [-0.1, -0.05) is 31.8 Å². The minimum Gasteiger partial charge on any atom is -0.444 e. The molecule has 1 aliphatic heterocycles. The highest BCUT2D eigenvalue weighted by Gasteiger charge is 2.41. The number of ether oxygens (including phenoxy) is 2. The van der Waals surface area contributed by atoms with E-state index in [0.717, 1.165) is 6.04 Å². The molecule has 1 saturated heterocycles. The van der Waals surface area contributed by atoms with Crippen molar-refractivity contribution in [2.24, 2.45) is 0 Å². The van der Waals surface area contributed by atoms with E-state index in [1.807, 2.05) is 6.08 Å². The van der Waals surface area contributed by atoms with Crippen LogP contribution in [0.5, 0.6) is 0 Å². The van der Waals surface area contributed by atoms with Gasteiger partial charge in [0.05, 0.1) is 6.61 Å². The van der Waals surface area contributed by atoms with Gasteiger partial charge >= 0.3 is 6.09 Å². The predicted octanol–water partition coefficient (Wildman–Crippen LogP) is 3.46. The highest BCUT2D eigenvalue weighted by molar-refractivity contribution is 6.76. The van der Waals surface area contributed by atoms with Crippen LogP contribution in [0.4, 0.5) is 4.79 Å². The normalized spacial score (nSPS) is 20.8. The minimum atomic E-state index is -1.19. The first-order valence-corrected chi connectivity index (χ1v) is 14.2. The van der Waals surface area contributed by atoms with Crippen LogP contribution in [0.1, 0.15) is 40.0 Å². The van der Waals surface area contributed by atoms with Crippen molar-refractivity contribution >= 4 is 20.1 Å². The average Bonchev–Trinajstić information content (AvgIpc) is 2.57. The van der Waals surface area contributed by atoms with E-state index in [-0.39, 0.29) is 5.91 Å². The van der Waals surface area contributed by atoms with Crippen LogP contribution in [-0.4, -0.2) is 79.7 Å². The second-order valence-corrected chi connectivity index (χ2v) is 15.4. The molecule has 0 radical (unpaired) electrons. The summed E-state index contributed by atoms with van der Waals surface area (Å²) in [5.74, 6) is -0.177. The fraction of sp³-hybridized carbons (Fsp3) is 0.810. The standard InChI is InChI=1S/C21H40N2O5Si/c1-21(2,3)28-20(26)23-17(11-10-12-18(23)24)19(25)22(14-15-27-4)13-8-9-16-29(5,6)7/h8-9,17-18,24H,10-16H2,1-7H3. The molecule has 0 bridgehead atoms. The van der Waals surface area contributed by atoms with Crippen LogP contribution < -0.4 is 0 Å². The molecule has 0 saturated carbocycles. The zero-order chi connectivity index (χ0) is 22.2. The number of rotatable bonds is 8. The number of nitrogens with zero attached hydrogens (tertiary/aromatic N) is 2. The van der Waals surface area contributed by atoms with Gasteiger partial charge in [-0.25, -0.2) is 4.79 Å². The number of aliphatic hydroxyl groups excluding tert-OH is 1. The lowest BCUT2D eigenvalue weighted by atomic mass is 10.00. The van der Waals surface area contributed by atoms with Crippen molar-refractivity contribution < 1.29 is 24.2 Å². The van der Waals surface area contributed by atoms with Crippen molar-refractivity contribution in [3.05, 3.63) is 12.2 Å². The Balaban J connectivity index is 2.95. The van der Waals surface area contributed by atoms with Crippen LogP contribution in [0, 0.1) is 0 Å². The van der Waals surface area contributed by atoms with Gasteiger partial charge in [0.25, 0.3) is 0 Å². The molecule has 1 N–H and O–H groups in total. The monoisotopic (exact) mass is 428 g/mol. The Labute approximate surface area is 177 Å². The van der Waals surface area contributed by atoms with Crippen molar-refractivity contribution in [2.75, 3.05) is 26.8 Å². The number of likely N-dealkylation sites (tertiary alicyclic amines) is 1. The van der Waals surface area contributed by atoms with E-state index in [1.165, 1.54) is 4.90 Å². The maximum absolute atomic E-state index is 13.3. The van der Waals surface area contributed by atoms with Crippen molar-refractivity contribution in [3.8, 4) is 0 Å². The van der Waals surface area contributed by atoms with Crippen LogP contribution in [0.15, 0.2) is 12.2 Å². The molecule has 0 aliphatic carbocycles. The number of methoxy groups -OCH3 is 1. The fourth-order valence-electron chi connectivity index (χ4n) is 3.13. The van der Waals surface area contributed by atoms with Gasteiger partial charge < -0.3 is 19.5 Å². The Hall–Kier alpha value is -1.38. The number of piperidine rings is 1. The Bertz CT molecular complexity index is 568. The third-order valence-electron chi connectivity index (χ3n) is 4.59. The van der Waals surface area contributed by atoms with Crippen molar-refractivity contribution in [3.63, 3.8) is 0 Å². The van der Waals surface area contributed by atoms with Crippen LogP contribution in [0.3, 0.4) is 0 Å². The summed E-state index contributed by atoms with van der Waals surface area (Å²) < 4.78 is 10.6. The molecule has 1 aliphatic rings. The zero-order valence-corrected chi connectivity index (χ0v) is 20.2. The summed E-state index contributed by atoms with van der Waals surface area (Å²) in [6, 6.07) is 0.321. The quantitative estimate of drug-likeness (QED) is 0.473. The molecule has 0 spiro atoms. The lowest BCUT2D eigenvalue weighted by Crippen LogP contribution is -2.58. The molecule has 1 fully saturated rings. The second-order valence-electron chi connectivity index (χ2n) is 9.83. The third kappa shape index (κ3) is 9.31. The zero-order valence-electron chi connectivity index (χ0n) is 19.2. The largest absolute Gasteiger partial charge is 0.444 e. The Morgan fingerprint density at radius 3 is 2.41 bits per heavy atom. The summed E-state index contributed by atoms with van der Waals surface area (Å²) in [6.07, 6.45) is 4.13. The molecule has 168 valence electrons. The van der Waals surface area contributed by atoms with Crippen molar-refractivity contribution in [1.82, 2.24) is 9.80 Å². The Morgan fingerprint density at radius 1 is 1.21 bits per heavy atom. The van der Waals surface area contributed by atoms with Crippen molar-refractivity contribution in [1.29, 1.82) is 0 Å². The van der Waals surface area contributed by atoms with E-state index < -0.39 is 32.0 Å². The van der Waals surface area contributed by atoms with Gasteiger partial charge in [0, 0.05) is 28.3 Å². The molecule has 1 heterocycles. The van der Waals surface area contributed by atoms with Crippen molar-refractivity contribution in [2.45, 2.75) is 83.6 Å². The van der Waals surface area contributed by atoms with E-state index in [2.05, 4.69) is 25.7 Å². The molecule has 0 aromatic carbocycles. The molecular formula is C21H40N2O5Si. The van der Waals surface area contributed by atoms with Gasteiger partial charge in [0.2, 0.25) is 5.91 Å². The SMILES string of the molecule is COCCN(CC=CC[Si](C)(C)C)C(=O)C1CCCC(O)N1C(=O)OC(C)(C)C. The third-order valence-corrected chi connectivity index (χ3v) is 6.05.